The Morgan fingerprint density at radius 2 is 1.02 bits per heavy atom. The van der Waals surface area contributed by atoms with Gasteiger partial charge in [-0.1, -0.05) is 31.7 Å². The molecule has 14 nitrogen and oxygen atoms in total. The van der Waals surface area contributed by atoms with Crippen LogP contribution in [0.2, 0.25) is 0 Å². The molecule has 1 aromatic rings. The van der Waals surface area contributed by atoms with Crippen LogP contribution in [0.15, 0.2) is 18.2 Å². The highest BCUT2D eigenvalue weighted by atomic mass is 32.2. The van der Waals surface area contributed by atoms with Gasteiger partial charge in [0.05, 0.1) is 29.7 Å². The zero-order valence-electron chi connectivity index (χ0n) is 32.9. The molecule has 4 aliphatic rings. The third-order valence-electron chi connectivity index (χ3n) is 11.2. The van der Waals surface area contributed by atoms with Crippen LogP contribution in [-0.2, 0) is 32.0 Å². The maximum atomic E-state index is 12.8. The first-order valence-electron chi connectivity index (χ1n) is 20.8. The van der Waals surface area contributed by atoms with Gasteiger partial charge in [0.15, 0.2) is 0 Å². The van der Waals surface area contributed by atoms with E-state index in [-0.39, 0.29) is 78.0 Å². The molecular formula is C41H60N6O8S2. The van der Waals surface area contributed by atoms with E-state index >= 15 is 0 Å². The Labute approximate surface area is 344 Å². The second-order valence-electron chi connectivity index (χ2n) is 15.8. The summed E-state index contributed by atoms with van der Waals surface area (Å²) in [6.45, 7) is 1.12. The number of nitrogens with one attached hydrogen (secondary N) is 6. The van der Waals surface area contributed by atoms with E-state index in [1.807, 2.05) is 23.5 Å². The van der Waals surface area contributed by atoms with E-state index in [0.717, 1.165) is 75.7 Å². The van der Waals surface area contributed by atoms with E-state index in [1.54, 1.807) is 6.07 Å². The maximum Gasteiger partial charge on any atom is 0.335 e. The molecule has 0 aliphatic carbocycles. The SMILES string of the molecule is O=C(CCCCCNC(=O)CCCCC1SCC2NC(=O)NC21)Cc1cc(CC(=O)CCCCCNC(=O)CCCCC2SCC3NC(=O)NC32)cc(C(=O)O)c1. The van der Waals surface area contributed by atoms with Gasteiger partial charge in [0.25, 0.3) is 0 Å². The van der Waals surface area contributed by atoms with Gasteiger partial charge in [-0.3, -0.25) is 19.2 Å². The lowest BCUT2D eigenvalue weighted by Gasteiger charge is -2.16. The molecule has 0 radical (unpaired) electrons. The Balaban J connectivity index is 0.865. The number of benzene rings is 1. The molecule has 5 rings (SSSR count). The number of carboxylic acids is 1. The van der Waals surface area contributed by atoms with Crippen LogP contribution in [0.3, 0.4) is 0 Å². The van der Waals surface area contributed by atoms with Crippen molar-refractivity contribution in [1.29, 1.82) is 0 Å². The molecule has 4 aliphatic heterocycles. The highest BCUT2D eigenvalue weighted by Gasteiger charge is 2.43. The lowest BCUT2D eigenvalue weighted by atomic mass is 9.96. The molecule has 57 heavy (non-hydrogen) atoms. The van der Waals surface area contributed by atoms with Gasteiger partial charge in [-0.25, -0.2) is 14.4 Å². The molecule has 7 N–H and O–H groups in total. The van der Waals surface area contributed by atoms with Gasteiger partial charge in [0, 0.05) is 73.6 Å². The van der Waals surface area contributed by atoms with Crippen molar-refractivity contribution in [2.45, 2.75) is 150 Å². The van der Waals surface area contributed by atoms with Crippen molar-refractivity contribution in [1.82, 2.24) is 31.9 Å². The summed E-state index contributed by atoms with van der Waals surface area (Å²) in [7, 11) is 0. The van der Waals surface area contributed by atoms with Crippen molar-refractivity contribution in [3.8, 4) is 0 Å². The van der Waals surface area contributed by atoms with Crippen LogP contribution in [0.4, 0.5) is 9.59 Å². The Bertz CT molecular complexity index is 1490. The number of carboxylic acid groups (broad SMARTS) is 1. The number of unbranched alkanes of at least 4 members (excludes halogenated alkanes) is 6. The Morgan fingerprint density at radius 1 is 0.579 bits per heavy atom. The fourth-order valence-corrected chi connectivity index (χ4v) is 11.2. The number of carbonyl (C=O) groups excluding carboxylic acids is 6. The summed E-state index contributed by atoms with van der Waals surface area (Å²) in [5.74, 6) is 0.830. The van der Waals surface area contributed by atoms with Crippen molar-refractivity contribution in [2.24, 2.45) is 0 Å². The molecule has 314 valence electrons. The fraction of sp³-hybridized carbons (Fsp3) is 0.683. The topological polar surface area (TPSA) is 212 Å². The minimum Gasteiger partial charge on any atom is -0.478 e. The summed E-state index contributed by atoms with van der Waals surface area (Å²) in [5.41, 5.74) is 1.24. The molecule has 4 heterocycles. The molecule has 0 saturated carbocycles. The molecule has 6 unspecified atom stereocenters. The zero-order valence-corrected chi connectivity index (χ0v) is 34.5. The molecule has 1 aromatic carbocycles. The van der Waals surface area contributed by atoms with Crippen molar-refractivity contribution in [3.05, 3.63) is 34.9 Å². The van der Waals surface area contributed by atoms with Crippen LogP contribution in [0, 0.1) is 0 Å². The molecule has 6 atom stereocenters. The normalized spacial score (nSPS) is 23.2. The standard InChI is InChI=1S/C41H60N6O8S2/c48-29(11-3-1-9-17-42-35(50)15-7-5-13-33-37-31(24-56-33)44-40(54)46-37)22-26-19-27(21-28(20-26)39(52)53)23-30(49)12-4-2-10-18-43-36(51)16-8-6-14-34-38-32(25-57-34)45-41(55)47-38/h19-21,31-34,37-38H,1-18,22-25H2,(H,42,50)(H,43,51)(H,52,53)(H2,44,46,54)(H2,45,47,55). The summed E-state index contributed by atoms with van der Waals surface area (Å²) in [5, 5.41) is 28.3. The monoisotopic (exact) mass is 828 g/mol. The average Bonchev–Trinajstić information content (AvgIpc) is 3.93. The third kappa shape index (κ3) is 14.8. The zero-order chi connectivity index (χ0) is 40.6. The fourth-order valence-electron chi connectivity index (χ4n) is 8.15. The summed E-state index contributed by atoms with van der Waals surface area (Å²) in [6.07, 6.45) is 11.8. The van der Waals surface area contributed by atoms with Gasteiger partial charge in [0.2, 0.25) is 11.8 Å². The van der Waals surface area contributed by atoms with Crippen LogP contribution >= 0.6 is 23.5 Å². The summed E-state index contributed by atoms with van der Waals surface area (Å²) in [6, 6.07) is 5.40. The molecule has 0 bridgehead atoms. The number of urea groups is 2. The van der Waals surface area contributed by atoms with E-state index in [9.17, 15) is 38.7 Å². The minimum atomic E-state index is -1.10. The predicted molar refractivity (Wildman–Crippen MR) is 222 cm³/mol. The van der Waals surface area contributed by atoms with Crippen molar-refractivity contribution >= 4 is 64.9 Å². The first-order chi connectivity index (χ1) is 27.5. The van der Waals surface area contributed by atoms with Gasteiger partial charge in [-0.05, 0) is 74.6 Å². The van der Waals surface area contributed by atoms with Gasteiger partial charge in [0.1, 0.15) is 11.6 Å². The average molecular weight is 829 g/mol. The smallest absolute Gasteiger partial charge is 0.335 e. The number of Topliss-reactive ketones (excluding diaryl/α,β-unsaturated/α-hetero) is 2. The Morgan fingerprint density at radius 3 is 1.46 bits per heavy atom. The number of thioether (sulfide) groups is 2. The van der Waals surface area contributed by atoms with E-state index < -0.39 is 5.97 Å². The minimum absolute atomic E-state index is 0.00452. The number of carbonyl (C=O) groups is 7. The quantitative estimate of drug-likeness (QED) is 0.0491. The molecule has 16 heteroatoms. The first kappa shape index (κ1) is 44.3. The van der Waals surface area contributed by atoms with Crippen molar-refractivity contribution in [2.75, 3.05) is 24.6 Å². The molecule has 0 aromatic heterocycles. The highest BCUT2D eigenvalue weighted by Crippen LogP contribution is 2.34. The summed E-state index contributed by atoms with van der Waals surface area (Å²) in [4.78, 5) is 84.9. The van der Waals surface area contributed by atoms with E-state index in [1.165, 1.54) is 12.1 Å². The van der Waals surface area contributed by atoms with Crippen molar-refractivity contribution in [3.63, 3.8) is 0 Å². The van der Waals surface area contributed by atoms with Crippen molar-refractivity contribution < 1.29 is 38.7 Å². The lowest BCUT2D eigenvalue weighted by Crippen LogP contribution is -2.36. The number of hydrogen-bond acceptors (Lipinski definition) is 9. The van der Waals surface area contributed by atoms with E-state index in [2.05, 4.69) is 31.9 Å². The number of amides is 6. The second kappa shape index (κ2) is 23.0. The molecular weight excluding hydrogens is 769 g/mol. The van der Waals surface area contributed by atoms with Gasteiger partial charge in [-0.15, -0.1) is 0 Å². The lowest BCUT2D eigenvalue weighted by molar-refractivity contribution is -0.122. The largest absolute Gasteiger partial charge is 0.478 e. The van der Waals surface area contributed by atoms with Crippen LogP contribution in [-0.4, -0.2) is 106 Å². The number of fused-ring (bicyclic) bond motifs is 2. The number of ketones is 2. The van der Waals surface area contributed by atoms with Crippen LogP contribution in [0.25, 0.3) is 0 Å². The molecule has 6 amide bonds. The maximum absolute atomic E-state index is 12.8. The second-order valence-corrected chi connectivity index (χ2v) is 18.4. The first-order valence-corrected chi connectivity index (χ1v) is 22.9. The summed E-state index contributed by atoms with van der Waals surface area (Å²) < 4.78 is 0. The number of rotatable bonds is 27. The van der Waals surface area contributed by atoms with Crippen LogP contribution in [0.1, 0.15) is 124 Å². The third-order valence-corrected chi connectivity index (χ3v) is 14.2. The van der Waals surface area contributed by atoms with E-state index in [4.69, 9.17) is 0 Å². The number of aromatic carboxylic acids is 1. The molecule has 4 fully saturated rings. The highest BCUT2D eigenvalue weighted by molar-refractivity contribution is 8.00. The Kier molecular flexibility index (Phi) is 17.9. The molecule has 4 saturated heterocycles. The Hall–Kier alpha value is -3.79. The van der Waals surface area contributed by atoms with E-state index in [0.29, 0.717) is 73.2 Å². The predicted octanol–water partition coefficient (Wildman–Crippen LogP) is 4.41. The summed E-state index contributed by atoms with van der Waals surface area (Å²) >= 11 is 3.76. The van der Waals surface area contributed by atoms with Crippen LogP contribution < -0.4 is 31.9 Å². The molecule has 0 spiro atoms. The van der Waals surface area contributed by atoms with Crippen LogP contribution in [0.5, 0.6) is 0 Å². The van der Waals surface area contributed by atoms with Gasteiger partial charge < -0.3 is 37.0 Å². The van der Waals surface area contributed by atoms with Gasteiger partial charge in [-0.2, -0.15) is 23.5 Å². The van der Waals surface area contributed by atoms with Gasteiger partial charge >= 0.3 is 18.0 Å². The number of hydrogen-bond donors (Lipinski definition) is 7.